The van der Waals surface area contributed by atoms with Crippen molar-refractivity contribution in [3.8, 4) is 5.75 Å². The molecule has 0 saturated heterocycles. The second-order valence-electron chi connectivity index (χ2n) is 4.32. The van der Waals surface area contributed by atoms with Crippen molar-refractivity contribution in [2.24, 2.45) is 0 Å². The van der Waals surface area contributed by atoms with E-state index in [1.807, 2.05) is 39.0 Å². The number of hydrogen-bond acceptors (Lipinski definition) is 3. The number of benzene rings is 1. The van der Waals surface area contributed by atoms with Gasteiger partial charge in [-0.1, -0.05) is 12.1 Å². The van der Waals surface area contributed by atoms with Gasteiger partial charge in [0.1, 0.15) is 5.75 Å². The van der Waals surface area contributed by atoms with Gasteiger partial charge >= 0.3 is 6.03 Å². The highest BCUT2D eigenvalue weighted by molar-refractivity contribution is 6.01. The fourth-order valence-electron chi connectivity index (χ4n) is 1.85. The van der Waals surface area contributed by atoms with Crippen LogP contribution in [0.1, 0.15) is 18.3 Å². The summed E-state index contributed by atoms with van der Waals surface area (Å²) in [7, 11) is 0. The molecule has 2 amide bonds. The molecule has 3 N–H and O–H groups in total. The Bertz CT molecular complexity index is 587. The van der Waals surface area contributed by atoms with Gasteiger partial charge < -0.3 is 15.4 Å². The monoisotopic (exact) mass is 274 g/mol. The van der Waals surface area contributed by atoms with Crippen LogP contribution in [-0.4, -0.2) is 22.8 Å². The van der Waals surface area contributed by atoms with E-state index in [0.717, 1.165) is 11.4 Å². The van der Waals surface area contributed by atoms with Crippen LogP contribution in [0.4, 0.5) is 16.2 Å². The third-order valence-corrected chi connectivity index (χ3v) is 2.80. The van der Waals surface area contributed by atoms with Crippen LogP contribution in [0.2, 0.25) is 0 Å². The van der Waals surface area contributed by atoms with Crippen molar-refractivity contribution in [3.05, 3.63) is 35.7 Å². The molecule has 20 heavy (non-hydrogen) atoms. The average molecular weight is 274 g/mol. The molecule has 0 aliphatic rings. The summed E-state index contributed by atoms with van der Waals surface area (Å²) in [5, 5.41) is 12.4. The van der Waals surface area contributed by atoms with Crippen LogP contribution in [0, 0.1) is 13.8 Å². The first kappa shape index (κ1) is 13.9. The average Bonchev–Trinajstić information content (AvgIpc) is 2.73. The number of aromatic nitrogens is 2. The molecular formula is C14H18N4O2. The quantitative estimate of drug-likeness (QED) is 0.801. The minimum atomic E-state index is -0.329. The minimum Gasteiger partial charge on any atom is -0.492 e. The molecule has 0 bridgehead atoms. The van der Waals surface area contributed by atoms with Gasteiger partial charge in [0.2, 0.25) is 0 Å². The SMILES string of the molecule is CCOc1ccccc1NC(=O)Nc1c(C)n[nH]c1C. The predicted molar refractivity (Wildman–Crippen MR) is 78.3 cm³/mol. The van der Waals surface area contributed by atoms with Gasteiger partial charge in [-0.2, -0.15) is 5.10 Å². The lowest BCUT2D eigenvalue weighted by Gasteiger charge is -2.12. The highest BCUT2D eigenvalue weighted by atomic mass is 16.5. The molecule has 6 heteroatoms. The van der Waals surface area contributed by atoms with Crippen molar-refractivity contribution >= 4 is 17.4 Å². The Labute approximate surface area is 117 Å². The lowest BCUT2D eigenvalue weighted by atomic mass is 10.3. The number of H-pyrrole nitrogens is 1. The number of carbonyl (C=O) groups is 1. The lowest BCUT2D eigenvalue weighted by molar-refractivity contribution is 0.262. The standard InChI is InChI=1S/C14H18N4O2/c1-4-20-12-8-6-5-7-11(12)15-14(19)16-13-9(2)17-18-10(13)3/h5-8H,4H2,1-3H3,(H,17,18)(H2,15,16,19). The van der Waals surface area contributed by atoms with E-state index in [4.69, 9.17) is 4.74 Å². The van der Waals surface area contributed by atoms with E-state index in [0.29, 0.717) is 23.7 Å². The Morgan fingerprint density at radius 2 is 2.05 bits per heavy atom. The maximum atomic E-state index is 12.0. The third-order valence-electron chi connectivity index (χ3n) is 2.80. The molecule has 0 unspecified atom stereocenters. The fraction of sp³-hybridized carbons (Fsp3) is 0.286. The number of nitrogens with zero attached hydrogens (tertiary/aromatic N) is 1. The van der Waals surface area contributed by atoms with Crippen molar-refractivity contribution in [3.63, 3.8) is 0 Å². The summed E-state index contributed by atoms with van der Waals surface area (Å²) in [5.74, 6) is 0.644. The number of anilines is 2. The van der Waals surface area contributed by atoms with Crippen molar-refractivity contribution in [2.75, 3.05) is 17.2 Å². The van der Waals surface area contributed by atoms with Gasteiger partial charge in [-0.15, -0.1) is 0 Å². The van der Waals surface area contributed by atoms with Crippen molar-refractivity contribution < 1.29 is 9.53 Å². The highest BCUT2D eigenvalue weighted by Crippen LogP contribution is 2.24. The van der Waals surface area contributed by atoms with Crippen LogP contribution in [-0.2, 0) is 0 Å². The molecule has 2 aromatic rings. The van der Waals surface area contributed by atoms with E-state index in [1.165, 1.54) is 0 Å². The summed E-state index contributed by atoms with van der Waals surface area (Å²) in [6, 6.07) is 6.97. The van der Waals surface area contributed by atoms with E-state index in [1.54, 1.807) is 6.07 Å². The molecule has 1 aromatic carbocycles. The number of nitrogens with one attached hydrogen (secondary N) is 3. The Morgan fingerprint density at radius 1 is 1.30 bits per heavy atom. The smallest absolute Gasteiger partial charge is 0.323 e. The van der Waals surface area contributed by atoms with Gasteiger partial charge in [-0.3, -0.25) is 5.10 Å². The summed E-state index contributed by atoms with van der Waals surface area (Å²) >= 11 is 0. The number of aromatic amines is 1. The first-order valence-electron chi connectivity index (χ1n) is 6.43. The van der Waals surface area contributed by atoms with Gasteiger partial charge in [-0.05, 0) is 32.9 Å². The van der Waals surface area contributed by atoms with Crippen LogP contribution in [0.5, 0.6) is 5.75 Å². The Morgan fingerprint density at radius 3 is 2.70 bits per heavy atom. The molecule has 0 spiro atoms. The van der Waals surface area contributed by atoms with Crippen LogP contribution in [0.3, 0.4) is 0 Å². The maximum Gasteiger partial charge on any atom is 0.323 e. The topological polar surface area (TPSA) is 79.0 Å². The van der Waals surface area contributed by atoms with Crippen molar-refractivity contribution in [2.45, 2.75) is 20.8 Å². The van der Waals surface area contributed by atoms with E-state index in [9.17, 15) is 4.79 Å². The number of aryl methyl sites for hydroxylation is 2. The molecule has 6 nitrogen and oxygen atoms in total. The maximum absolute atomic E-state index is 12.0. The Kier molecular flexibility index (Phi) is 4.24. The number of para-hydroxylation sites is 2. The van der Waals surface area contributed by atoms with Crippen LogP contribution < -0.4 is 15.4 Å². The number of hydrogen-bond donors (Lipinski definition) is 3. The zero-order valence-electron chi connectivity index (χ0n) is 11.8. The highest BCUT2D eigenvalue weighted by Gasteiger charge is 2.11. The second-order valence-corrected chi connectivity index (χ2v) is 4.32. The van der Waals surface area contributed by atoms with Gasteiger partial charge in [0.25, 0.3) is 0 Å². The van der Waals surface area contributed by atoms with Gasteiger partial charge in [0, 0.05) is 0 Å². The zero-order chi connectivity index (χ0) is 14.5. The summed E-state index contributed by atoms with van der Waals surface area (Å²) in [4.78, 5) is 12.0. The first-order chi connectivity index (χ1) is 9.61. The van der Waals surface area contributed by atoms with E-state index < -0.39 is 0 Å². The molecule has 1 heterocycles. The number of ether oxygens (including phenoxy) is 1. The van der Waals surface area contributed by atoms with Crippen LogP contribution in [0.25, 0.3) is 0 Å². The minimum absolute atomic E-state index is 0.329. The lowest BCUT2D eigenvalue weighted by Crippen LogP contribution is -2.20. The summed E-state index contributed by atoms with van der Waals surface area (Å²) in [5.41, 5.74) is 2.88. The summed E-state index contributed by atoms with van der Waals surface area (Å²) in [6.45, 7) is 6.12. The molecule has 1 aromatic heterocycles. The molecule has 0 aliphatic heterocycles. The van der Waals surface area contributed by atoms with Gasteiger partial charge in [-0.25, -0.2) is 4.79 Å². The largest absolute Gasteiger partial charge is 0.492 e. The first-order valence-corrected chi connectivity index (χ1v) is 6.43. The molecule has 0 saturated carbocycles. The summed E-state index contributed by atoms with van der Waals surface area (Å²) in [6.07, 6.45) is 0. The van der Waals surface area contributed by atoms with Crippen molar-refractivity contribution in [1.29, 1.82) is 0 Å². The number of carbonyl (C=O) groups excluding carboxylic acids is 1. The van der Waals surface area contributed by atoms with E-state index >= 15 is 0 Å². The van der Waals surface area contributed by atoms with E-state index in [-0.39, 0.29) is 6.03 Å². The Hall–Kier alpha value is -2.50. The fourth-order valence-corrected chi connectivity index (χ4v) is 1.85. The molecule has 106 valence electrons. The normalized spacial score (nSPS) is 10.2. The molecule has 0 radical (unpaired) electrons. The van der Waals surface area contributed by atoms with Crippen LogP contribution >= 0.6 is 0 Å². The van der Waals surface area contributed by atoms with Crippen molar-refractivity contribution in [1.82, 2.24) is 10.2 Å². The van der Waals surface area contributed by atoms with Gasteiger partial charge in [0.15, 0.2) is 0 Å². The van der Waals surface area contributed by atoms with Crippen LogP contribution in [0.15, 0.2) is 24.3 Å². The number of urea groups is 1. The second kappa shape index (κ2) is 6.10. The van der Waals surface area contributed by atoms with E-state index in [2.05, 4.69) is 20.8 Å². The molecule has 0 atom stereocenters. The van der Waals surface area contributed by atoms with Gasteiger partial charge in [0.05, 0.1) is 29.4 Å². The predicted octanol–water partition coefficient (Wildman–Crippen LogP) is 3.07. The molecule has 2 rings (SSSR count). The zero-order valence-corrected chi connectivity index (χ0v) is 11.8. The summed E-state index contributed by atoms with van der Waals surface area (Å²) < 4.78 is 5.46. The molecule has 0 fully saturated rings. The Balaban J connectivity index is 2.09. The number of amides is 2. The third kappa shape index (κ3) is 3.09. The molecule has 0 aliphatic carbocycles. The molecular weight excluding hydrogens is 256 g/mol. The number of rotatable bonds is 4.